The summed E-state index contributed by atoms with van der Waals surface area (Å²) in [7, 11) is 0. The van der Waals surface area contributed by atoms with Gasteiger partial charge in [0.25, 0.3) is 5.56 Å². The van der Waals surface area contributed by atoms with Crippen molar-refractivity contribution in [2.45, 2.75) is 33.4 Å². The van der Waals surface area contributed by atoms with Gasteiger partial charge in [0, 0.05) is 46.3 Å². The summed E-state index contributed by atoms with van der Waals surface area (Å²) in [5.74, 6) is 1.24. The number of fused-ring (bicyclic) bond motifs is 2. The second kappa shape index (κ2) is 7.95. The Hall–Kier alpha value is -3.13. The first kappa shape index (κ1) is 20.2. The van der Waals surface area contributed by atoms with Crippen molar-refractivity contribution < 1.29 is 4.79 Å². The summed E-state index contributed by atoms with van der Waals surface area (Å²) in [5.41, 5.74) is 1.93. The maximum Gasteiger partial charge on any atom is 0.323 e. The number of aromatic amines is 1. The molecule has 0 bridgehead atoms. The molecule has 0 radical (unpaired) electrons. The Morgan fingerprint density at radius 3 is 2.80 bits per heavy atom. The molecule has 9 heteroatoms. The van der Waals surface area contributed by atoms with Gasteiger partial charge in [-0.1, -0.05) is 25.4 Å². The molecule has 156 valence electrons. The maximum atomic E-state index is 12.6. The van der Waals surface area contributed by atoms with Gasteiger partial charge in [-0.2, -0.15) is 4.98 Å². The van der Waals surface area contributed by atoms with E-state index in [2.05, 4.69) is 25.6 Å². The summed E-state index contributed by atoms with van der Waals surface area (Å²) in [6.07, 6.45) is 1.70. The number of H-pyrrole nitrogens is 1. The van der Waals surface area contributed by atoms with Gasteiger partial charge in [-0.05, 0) is 37.1 Å². The number of amides is 2. The van der Waals surface area contributed by atoms with Gasteiger partial charge >= 0.3 is 6.03 Å². The number of carbonyl (C=O) groups is 1. The van der Waals surface area contributed by atoms with Crippen molar-refractivity contribution in [1.82, 2.24) is 20.3 Å². The van der Waals surface area contributed by atoms with Crippen molar-refractivity contribution in [3.8, 4) is 0 Å². The number of pyridine rings is 1. The van der Waals surface area contributed by atoms with Gasteiger partial charge in [-0.3, -0.25) is 9.69 Å². The lowest BCUT2D eigenvalue weighted by atomic mass is 10.1. The SMILES string of the molecule is CC(C)CN1C(=O)NCc2cnc(N[C@@H](C)c3cc4cc(Cl)ccc4[nH]c3=O)nc21. The minimum Gasteiger partial charge on any atom is -0.347 e. The summed E-state index contributed by atoms with van der Waals surface area (Å²) in [6.45, 7) is 6.90. The van der Waals surface area contributed by atoms with Crippen molar-refractivity contribution >= 4 is 40.3 Å². The van der Waals surface area contributed by atoms with Gasteiger partial charge in [0.15, 0.2) is 0 Å². The number of carbonyl (C=O) groups excluding carboxylic acids is 1. The smallest absolute Gasteiger partial charge is 0.323 e. The molecule has 0 fully saturated rings. The summed E-state index contributed by atoms with van der Waals surface area (Å²) >= 11 is 6.08. The highest BCUT2D eigenvalue weighted by molar-refractivity contribution is 6.31. The fourth-order valence-electron chi connectivity index (χ4n) is 3.51. The second-order valence-corrected chi connectivity index (χ2v) is 8.29. The molecule has 8 nitrogen and oxygen atoms in total. The highest BCUT2D eigenvalue weighted by atomic mass is 35.5. The van der Waals surface area contributed by atoms with E-state index in [0.29, 0.717) is 35.4 Å². The van der Waals surface area contributed by atoms with Crippen LogP contribution in [0.2, 0.25) is 5.02 Å². The molecule has 1 aliphatic heterocycles. The molecule has 0 aliphatic carbocycles. The van der Waals surface area contributed by atoms with Gasteiger partial charge in [-0.15, -0.1) is 0 Å². The molecule has 0 saturated heterocycles. The summed E-state index contributed by atoms with van der Waals surface area (Å²) < 4.78 is 0. The third-order valence-corrected chi connectivity index (χ3v) is 5.20. The van der Waals surface area contributed by atoms with Crippen LogP contribution in [0.5, 0.6) is 0 Å². The monoisotopic (exact) mass is 426 g/mol. The van der Waals surface area contributed by atoms with Gasteiger partial charge in [0.1, 0.15) is 5.82 Å². The topological polar surface area (TPSA) is 103 Å². The fourth-order valence-corrected chi connectivity index (χ4v) is 3.69. The lowest BCUT2D eigenvalue weighted by Crippen LogP contribution is -2.46. The van der Waals surface area contributed by atoms with Crippen molar-refractivity contribution in [1.29, 1.82) is 0 Å². The van der Waals surface area contributed by atoms with E-state index >= 15 is 0 Å². The largest absolute Gasteiger partial charge is 0.347 e. The number of anilines is 2. The van der Waals surface area contributed by atoms with E-state index < -0.39 is 0 Å². The second-order valence-electron chi connectivity index (χ2n) is 7.86. The Kier molecular flexibility index (Phi) is 5.34. The quantitative estimate of drug-likeness (QED) is 0.575. The molecule has 0 unspecified atom stereocenters. The zero-order valence-electron chi connectivity index (χ0n) is 17.0. The van der Waals surface area contributed by atoms with Crippen molar-refractivity contribution in [3.63, 3.8) is 0 Å². The first-order chi connectivity index (χ1) is 14.3. The van der Waals surface area contributed by atoms with Crippen LogP contribution in [0.15, 0.2) is 35.3 Å². The van der Waals surface area contributed by atoms with Crippen LogP contribution in [0, 0.1) is 5.92 Å². The third kappa shape index (κ3) is 3.95. The molecule has 4 rings (SSSR count). The molecule has 2 amide bonds. The molecular formula is C21H23ClN6O2. The Balaban J connectivity index is 1.64. The normalized spacial score (nSPS) is 14.6. The van der Waals surface area contributed by atoms with E-state index in [0.717, 1.165) is 16.5 Å². The molecule has 3 N–H and O–H groups in total. The average Bonchev–Trinajstić information content (AvgIpc) is 2.69. The van der Waals surface area contributed by atoms with E-state index in [1.165, 1.54) is 0 Å². The predicted octanol–water partition coefficient (Wildman–Crippen LogP) is 3.83. The van der Waals surface area contributed by atoms with Gasteiger partial charge in [-0.25, -0.2) is 9.78 Å². The van der Waals surface area contributed by atoms with Crippen LogP contribution in [0.3, 0.4) is 0 Å². The van der Waals surface area contributed by atoms with Gasteiger partial charge in [0.2, 0.25) is 5.95 Å². The number of hydrogen-bond acceptors (Lipinski definition) is 5. The lowest BCUT2D eigenvalue weighted by molar-refractivity contribution is 0.243. The highest BCUT2D eigenvalue weighted by Gasteiger charge is 2.27. The molecule has 1 atom stereocenters. The van der Waals surface area contributed by atoms with Crippen LogP contribution < -0.4 is 21.1 Å². The highest BCUT2D eigenvalue weighted by Crippen LogP contribution is 2.26. The molecule has 3 aromatic rings. The molecule has 30 heavy (non-hydrogen) atoms. The Bertz CT molecular complexity index is 1180. The van der Waals surface area contributed by atoms with Crippen LogP contribution in [-0.2, 0) is 6.54 Å². The number of hydrogen-bond donors (Lipinski definition) is 3. The maximum absolute atomic E-state index is 12.6. The van der Waals surface area contributed by atoms with Gasteiger partial charge in [0.05, 0.1) is 6.04 Å². The van der Waals surface area contributed by atoms with Crippen LogP contribution >= 0.6 is 11.6 Å². The average molecular weight is 427 g/mol. The summed E-state index contributed by atoms with van der Waals surface area (Å²) in [4.78, 5) is 38.3. The molecule has 1 aliphatic rings. The standard InChI is InChI=1S/C21H23ClN6O2/c1-11(2)10-28-18-14(9-24-21(28)30)8-23-20(27-18)25-12(3)16-7-13-6-15(22)4-5-17(13)26-19(16)29/h4-8,11-12H,9-10H2,1-3H3,(H,24,30)(H,26,29)(H,23,25,27)/t12-/m0/s1. The van der Waals surface area contributed by atoms with Crippen LogP contribution in [0.25, 0.3) is 10.9 Å². The van der Waals surface area contributed by atoms with Crippen LogP contribution in [-0.4, -0.2) is 27.5 Å². The zero-order valence-corrected chi connectivity index (χ0v) is 17.7. The van der Waals surface area contributed by atoms with E-state index in [1.807, 2.05) is 26.8 Å². The third-order valence-electron chi connectivity index (χ3n) is 4.97. The zero-order chi connectivity index (χ0) is 21.4. The van der Waals surface area contributed by atoms with E-state index in [-0.39, 0.29) is 23.6 Å². The first-order valence-electron chi connectivity index (χ1n) is 9.82. The minimum atomic E-state index is -0.355. The van der Waals surface area contributed by atoms with Crippen LogP contribution in [0.1, 0.15) is 37.9 Å². The summed E-state index contributed by atoms with van der Waals surface area (Å²) in [6, 6.07) is 6.61. The number of urea groups is 1. The van der Waals surface area contributed by atoms with E-state index in [9.17, 15) is 9.59 Å². The Morgan fingerprint density at radius 1 is 1.23 bits per heavy atom. The molecule has 0 spiro atoms. The fraction of sp³-hybridized carbons (Fsp3) is 0.333. The van der Waals surface area contributed by atoms with E-state index in [1.54, 1.807) is 29.3 Å². The minimum absolute atomic E-state index is 0.170. The number of rotatable bonds is 5. The number of benzene rings is 1. The number of aromatic nitrogens is 3. The molecule has 1 aromatic carbocycles. The predicted molar refractivity (Wildman–Crippen MR) is 118 cm³/mol. The lowest BCUT2D eigenvalue weighted by Gasteiger charge is -2.30. The molecular weight excluding hydrogens is 404 g/mol. The van der Waals surface area contributed by atoms with Crippen LogP contribution in [0.4, 0.5) is 16.6 Å². The van der Waals surface area contributed by atoms with Gasteiger partial charge < -0.3 is 15.6 Å². The molecule has 2 aromatic heterocycles. The van der Waals surface area contributed by atoms with Crippen molar-refractivity contribution in [2.24, 2.45) is 5.92 Å². The summed E-state index contributed by atoms with van der Waals surface area (Å²) in [5, 5.41) is 7.47. The first-order valence-corrected chi connectivity index (χ1v) is 10.2. The molecule has 3 heterocycles. The Morgan fingerprint density at radius 2 is 2.03 bits per heavy atom. The van der Waals surface area contributed by atoms with Crippen molar-refractivity contribution in [2.75, 3.05) is 16.8 Å². The number of halogens is 1. The molecule has 0 saturated carbocycles. The van der Waals surface area contributed by atoms with Crippen molar-refractivity contribution in [3.05, 3.63) is 57.0 Å². The Labute approximate surface area is 178 Å². The van der Waals surface area contributed by atoms with E-state index in [4.69, 9.17) is 11.6 Å². The number of nitrogens with one attached hydrogen (secondary N) is 3. The number of nitrogens with zero attached hydrogens (tertiary/aromatic N) is 3.